The van der Waals surface area contributed by atoms with Gasteiger partial charge in [0.15, 0.2) is 0 Å². The molecule has 3 aromatic rings. The van der Waals surface area contributed by atoms with Gasteiger partial charge in [-0.15, -0.1) is 0 Å². The molecular formula is C42H42ClN7O5. The zero-order chi connectivity index (χ0) is 38.0. The third-order valence-corrected chi connectivity index (χ3v) is 13.3. The lowest BCUT2D eigenvalue weighted by Crippen LogP contribution is -2.54. The predicted molar refractivity (Wildman–Crippen MR) is 205 cm³/mol. The highest BCUT2D eigenvalue weighted by molar-refractivity contribution is 6.32. The molecule has 4 saturated heterocycles. The number of halogens is 1. The number of likely N-dealkylation sites (tertiary alicyclic amines) is 1. The van der Waals surface area contributed by atoms with Gasteiger partial charge in [0.25, 0.3) is 17.7 Å². The number of nitriles is 1. The van der Waals surface area contributed by atoms with Crippen LogP contribution in [0.4, 0.5) is 11.4 Å². The van der Waals surface area contributed by atoms with Crippen molar-refractivity contribution in [3.63, 3.8) is 0 Å². The summed E-state index contributed by atoms with van der Waals surface area (Å²) in [5.41, 5.74) is 6.35. The number of imide groups is 2. The Hall–Kier alpha value is -5.25. The van der Waals surface area contributed by atoms with E-state index in [1.165, 1.54) is 0 Å². The number of benzene rings is 3. The van der Waals surface area contributed by atoms with Gasteiger partial charge in [-0.1, -0.05) is 11.6 Å². The van der Waals surface area contributed by atoms with Crippen LogP contribution in [0.25, 0.3) is 0 Å². The van der Waals surface area contributed by atoms with E-state index < -0.39 is 29.7 Å². The lowest BCUT2D eigenvalue weighted by atomic mass is 9.77. The molecule has 1 unspecified atom stereocenters. The molecule has 0 bridgehead atoms. The molecule has 1 N–H and O–H groups in total. The first-order valence-electron chi connectivity index (χ1n) is 19.3. The molecule has 0 aromatic heterocycles. The van der Waals surface area contributed by atoms with Crippen molar-refractivity contribution in [3.8, 4) is 6.07 Å². The van der Waals surface area contributed by atoms with Gasteiger partial charge in [-0.05, 0) is 110 Å². The number of fused-ring (bicyclic) bond motifs is 2. The summed E-state index contributed by atoms with van der Waals surface area (Å²) in [5.74, 6) is -1.92. The van der Waals surface area contributed by atoms with Crippen molar-refractivity contribution in [1.29, 1.82) is 5.26 Å². The summed E-state index contributed by atoms with van der Waals surface area (Å²) in [5, 5.41) is 12.0. The van der Waals surface area contributed by atoms with Crippen LogP contribution in [-0.2, 0) is 22.7 Å². The van der Waals surface area contributed by atoms with Crippen LogP contribution >= 0.6 is 11.6 Å². The smallest absolute Gasteiger partial charge is 0.262 e. The molecular weight excluding hydrogens is 718 g/mol. The van der Waals surface area contributed by atoms with Crippen LogP contribution in [0.2, 0.25) is 5.02 Å². The fourth-order valence-corrected chi connectivity index (χ4v) is 9.90. The lowest BCUT2D eigenvalue weighted by molar-refractivity contribution is -0.136. The molecule has 0 saturated carbocycles. The number of piperidine rings is 3. The first-order valence-corrected chi connectivity index (χ1v) is 19.7. The Bertz CT molecular complexity index is 2120. The van der Waals surface area contributed by atoms with E-state index in [1.807, 2.05) is 29.2 Å². The minimum atomic E-state index is -0.974. The van der Waals surface area contributed by atoms with Gasteiger partial charge in [-0.25, -0.2) is 0 Å². The summed E-state index contributed by atoms with van der Waals surface area (Å²) in [7, 11) is 0. The molecule has 4 fully saturated rings. The number of carbonyl (C=O) groups is 5. The molecule has 13 heteroatoms. The first-order chi connectivity index (χ1) is 26.6. The zero-order valence-corrected chi connectivity index (χ0v) is 31.3. The van der Waals surface area contributed by atoms with E-state index in [9.17, 15) is 29.2 Å². The summed E-state index contributed by atoms with van der Waals surface area (Å²) < 4.78 is 0. The molecule has 6 aliphatic rings. The highest BCUT2D eigenvalue weighted by atomic mass is 35.5. The van der Waals surface area contributed by atoms with Crippen molar-refractivity contribution in [2.24, 2.45) is 5.41 Å². The molecule has 12 nitrogen and oxygen atoms in total. The second-order valence-corrected chi connectivity index (χ2v) is 16.4. The van der Waals surface area contributed by atoms with Crippen LogP contribution < -0.4 is 15.1 Å². The fraction of sp³-hybridized carbons (Fsp3) is 0.429. The van der Waals surface area contributed by atoms with E-state index in [0.29, 0.717) is 53.5 Å². The summed E-state index contributed by atoms with van der Waals surface area (Å²) in [6.45, 7) is 6.56. The largest absolute Gasteiger partial charge is 0.371 e. The SMILES string of the molecule is N#Cc1ccc(N2CCC3(CCN(c4ccc(C(=O)N5CCC(N6Cc7cc8c(cc7C6)C(=O)N(C6CCC(=O)NC6=O)C8=O)CC5)cc4)CC3)C2)cc1Cl. The minimum absolute atomic E-state index is 0.0512. The summed E-state index contributed by atoms with van der Waals surface area (Å²) in [4.78, 5) is 74.5. The summed E-state index contributed by atoms with van der Waals surface area (Å²) in [6, 6.07) is 18.8. The Morgan fingerprint density at radius 3 is 2.00 bits per heavy atom. The average molecular weight is 760 g/mol. The van der Waals surface area contributed by atoms with Crippen molar-refractivity contribution >= 4 is 52.5 Å². The standard InChI is InChI=1S/C42H42ClN7O5/c43-35-21-32(6-3-27(35)22-44)48-18-13-42(25-48)11-16-46(17-12-42)30-4-1-26(2-5-30)39(53)47-14-9-31(10-15-47)49-23-28-19-33-34(20-29(28)24-49)41(55)50(40(33)54)36-7-8-37(51)45-38(36)52/h1-6,19-21,31,36H,7-18,23-25H2,(H,45,51,52). The number of hydrogen-bond donors (Lipinski definition) is 1. The molecule has 55 heavy (non-hydrogen) atoms. The van der Waals surface area contributed by atoms with E-state index in [0.717, 1.165) is 85.7 Å². The Balaban J connectivity index is 0.761. The average Bonchev–Trinajstić information content (AvgIpc) is 3.88. The van der Waals surface area contributed by atoms with Gasteiger partial charge in [0, 0.05) is 81.8 Å². The van der Waals surface area contributed by atoms with Crippen LogP contribution in [0, 0.1) is 16.7 Å². The number of amides is 5. The van der Waals surface area contributed by atoms with Gasteiger partial charge >= 0.3 is 0 Å². The molecule has 6 heterocycles. The zero-order valence-electron chi connectivity index (χ0n) is 30.6. The van der Waals surface area contributed by atoms with Gasteiger partial charge < -0.3 is 14.7 Å². The third-order valence-electron chi connectivity index (χ3n) is 13.0. The minimum Gasteiger partial charge on any atom is -0.371 e. The van der Waals surface area contributed by atoms with E-state index in [-0.39, 0.29) is 30.2 Å². The second-order valence-electron chi connectivity index (χ2n) is 16.0. The summed E-state index contributed by atoms with van der Waals surface area (Å²) >= 11 is 6.33. The number of rotatable bonds is 5. The van der Waals surface area contributed by atoms with Crippen LogP contribution in [0.1, 0.15) is 92.7 Å². The van der Waals surface area contributed by atoms with Gasteiger partial charge in [0.2, 0.25) is 11.8 Å². The maximum atomic E-state index is 13.6. The van der Waals surface area contributed by atoms with E-state index in [1.54, 1.807) is 18.2 Å². The van der Waals surface area contributed by atoms with Gasteiger partial charge in [-0.2, -0.15) is 5.26 Å². The number of nitrogens with one attached hydrogen (secondary N) is 1. The summed E-state index contributed by atoms with van der Waals surface area (Å²) in [6.07, 6.45) is 5.25. The maximum Gasteiger partial charge on any atom is 0.262 e. The monoisotopic (exact) mass is 759 g/mol. The number of hydrogen-bond acceptors (Lipinski definition) is 9. The van der Waals surface area contributed by atoms with E-state index in [4.69, 9.17) is 11.6 Å². The highest BCUT2D eigenvalue weighted by Gasteiger charge is 2.46. The molecule has 5 amide bonds. The topological polar surface area (TPSA) is 137 Å². The number of carbonyl (C=O) groups excluding carboxylic acids is 5. The lowest BCUT2D eigenvalue weighted by Gasteiger charge is -2.40. The van der Waals surface area contributed by atoms with Gasteiger partial charge in [-0.3, -0.25) is 39.1 Å². The van der Waals surface area contributed by atoms with E-state index in [2.05, 4.69) is 38.2 Å². The number of nitrogens with zero attached hydrogens (tertiary/aromatic N) is 6. The van der Waals surface area contributed by atoms with Crippen LogP contribution in [0.5, 0.6) is 0 Å². The van der Waals surface area contributed by atoms with Crippen molar-refractivity contribution in [3.05, 3.63) is 93.0 Å². The van der Waals surface area contributed by atoms with E-state index >= 15 is 0 Å². The molecule has 282 valence electrons. The molecule has 0 radical (unpaired) electrons. The molecule has 1 atom stereocenters. The molecule has 6 aliphatic heterocycles. The Kier molecular flexibility index (Phi) is 8.89. The quantitative estimate of drug-likeness (QED) is 0.366. The fourth-order valence-electron chi connectivity index (χ4n) is 9.68. The Morgan fingerprint density at radius 2 is 1.40 bits per heavy atom. The molecule has 3 aromatic carbocycles. The van der Waals surface area contributed by atoms with Gasteiger partial charge in [0.1, 0.15) is 12.1 Å². The Morgan fingerprint density at radius 1 is 0.782 bits per heavy atom. The molecule has 9 rings (SSSR count). The van der Waals surface area contributed by atoms with Crippen LogP contribution in [0.15, 0.2) is 54.6 Å². The van der Waals surface area contributed by atoms with Crippen LogP contribution in [-0.4, -0.2) is 95.6 Å². The van der Waals surface area contributed by atoms with Crippen molar-refractivity contribution in [2.75, 3.05) is 49.1 Å². The maximum absolute atomic E-state index is 13.6. The van der Waals surface area contributed by atoms with Crippen molar-refractivity contribution in [2.45, 2.75) is 70.1 Å². The van der Waals surface area contributed by atoms with Crippen molar-refractivity contribution in [1.82, 2.24) is 20.0 Å². The third kappa shape index (κ3) is 6.33. The second kappa shape index (κ2) is 13.8. The number of anilines is 2. The molecule has 0 aliphatic carbocycles. The van der Waals surface area contributed by atoms with Gasteiger partial charge in [0.05, 0.1) is 21.7 Å². The van der Waals surface area contributed by atoms with Crippen molar-refractivity contribution < 1.29 is 24.0 Å². The predicted octanol–water partition coefficient (Wildman–Crippen LogP) is 4.73. The normalized spacial score (nSPS) is 22.7. The Labute approximate surface area is 324 Å². The first kappa shape index (κ1) is 35.5. The van der Waals surface area contributed by atoms with Crippen LogP contribution in [0.3, 0.4) is 0 Å². The highest BCUT2D eigenvalue weighted by Crippen LogP contribution is 2.43. The molecule has 1 spiro atoms.